The molecule has 0 saturated carbocycles. The average molecular weight is 301 g/mol. The molecule has 3 rings (SSSR count). The standard InChI is InChI=1S/C18H27N3O/c22-18(17-10-4-5-11-19-17)20-16-9-6-12-21(14-16)13-15-7-2-1-3-8-15/h1-3,7-8,16-17,19H,4-6,9-14H2,(H,20,22)/t16?,17-/m1/s1. The largest absolute Gasteiger partial charge is 0.351 e. The minimum Gasteiger partial charge on any atom is -0.351 e. The van der Waals surface area contributed by atoms with E-state index in [9.17, 15) is 4.79 Å². The summed E-state index contributed by atoms with van der Waals surface area (Å²) < 4.78 is 0. The molecule has 0 bridgehead atoms. The Morgan fingerprint density at radius 1 is 1.18 bits per heavy atom. The predicted molar refractivity (Wildman–Crippen MR) is 88.5 cm³/mol. The van der Waals surface area contributed by atoms with Gasteiger partial charge in [0.05, 0.1) is 6.04 Å². The van der Waals surface area contributed by atoms with E-state index in [2.05, 4.69) is 45.9 Å². The van der Waals surface area contributed by atoms with E-state index in [1.54, 1.807) is 0 Å². The third-order valence-electron chi connectivity index (χ3n) is 4.73. The summed E-state index contributed by atoms with van der Waals surface area (Å²) in [6.45, 7) is 4.05. The van der Waals surface area contributed by atoms with Crippen LogP contribution < -0.4 is 10.6 Å². The van der Waals surface area contributed by atoms with Crippen LogP contribution in [0.4, 0.5) is 0 Å². The number of nitrogens with one attached hydrogen (secondary N) is 2. The summed E-state index contributed by atoms with van der Waals surface area (Å²) in [6.07, 6.45) is 5.60. The average Bonchev–Trinajstić information content (AvgIpc) is 2.57. The van der Waals surface area contributed by atoms with Crippen LogP contribution in [0.2, 0.25) is 0 Å². The molecule has 0 radical (unpaired) electrons. The van der Waals surface area contributed by atoms with Gasteiger partial charge in [-0.05, 0) is 44.3 Å². The van der Waals surface area contributed by atoms with E-state index >= 15 is 0 Å². The first-order valence-corrected chi connectivity index (χ1v) is 8.61. The maximum atomic E-state index is 12.3. The van der Waals surface area contributed by atoms with Crippen molar-refractivity contribution in [1.82, 2.24) is 15.5 Å². The molecule has 2 fully saturated rings. The Morgan fingerprint density at radius 2 is 2.05 bits per heavy atom. The Hall–Kier alpha value is -1.39. The zero-order valence-corrected chi connectivity index (χ0v) is 13.3. The van der Waals surface area contributed by atoms with E-state index in [4.69, 9.17) is 0 Å². The number of rotatable bonds is 4. The minimum atomic E-state index is 0.0262. The molecule has 0 aliphatic carbocycles. The van der Waals surface area contributed by atoms with Gasteiger partial charge in [0, 0.05) is 19.1 Å². The fourth-order valence-electron chi connectivity index (χ4n) is 3.54. The molecule has 2 saturated heterocycles. The molecule has 4 nitrogen and oxygen atoms in total. The van der Waals surface area contributed by atoms with Crippen molar-refractivity contribution in [2.75, 3.05) is 19.6 Å². The number of amides is 1. The highest BCUT2D eigenvalue weighted by molar-refractivity contribution is 5.82. The van der Waals surface area contributed by atoms with Crippen molar-refractivity contribution in [1.29, 1.82) is 0 Å². The van der Waals surface area contributed by atoms with E-state index in [1.807, 2.05) is 0 Å². The lowest BCUT2D eigenvalue weighted by Crippen LogP contribution is -2.53. The van der Waals surface area contributed by atoms with E-state index in [0.717, 1.165) is 51.9 Å². The number of likely N-dealkylation sites (tertiary alicyclic amines) is 1. The molecular weight excluding hydrogens is 274 g/mol. The number of nitrogens with zero attached hydrogens (tertiary/aromatic N) is 1. The Morgan fingerprint density at radius 3 is 2.82 bits per heavy atom. The summed E-state index contributed by atoms with van der Waals surface area (Å²) in [5.41, 5.74) is 1.35. The molecule has 2 aliphatic heterocycles. The SMILES string of the molecule is O=C(NC1CCCN(Cc2ccccc2)C1)[C@H]1CCCCN1. The number of benzene rings is 1. The van der Waals surface area contributed by atoms with Gasteiger partial charge in [-0.25, -0.2) is 0 Å². The van der Waals surface area contributed by atoms with E-state index in [0.29, 0.717) is 6.04 Å². The maximum absolute atomic E-state index is 12.3. The van der Waals surface area contributed by atoms with Crippen LogP contribution >= 0.6 is 0 Å². The molecule has 1 aromatic rings. The molecule has 2 heterocycles. The first-order valence-electron chi connectivity index (χ1n) is 8.61. The minimum absolute atomic E-state index is 0.0262. The molecule has 1 amide bonds. The van der Waals surface area contributed by atoms with E-state index in [-0.39, 0.29) is 11.9 Å². The van der Waals surface area contributed by atoms with Crippen LogP contribution in [0.25, 0.3) is 0 Å². The fraction of sp³-hybridized carbons (Fsp3) is 0.611. The lowest BCUT2D eigenvalue weighted by molar-refractivity contribution is -0.124. The number of hydrogen-bond acceptors (Lipinski definition) is 3. The summed E-state index contributed by atoms with van der Waals surface area (Å²) in [7, 11) is 0. The topological polar surface area (TPSA) is 44.4 Å². The monoisotopic (exact) mass is 301 g/mol. The van der Waals surface area contributed by atoms with Crippen LogP contribution in [0.5, 0.6) is 0 Å². The van der Waals surface area contributed by atoms with Gasteiger partial charge in [0.1, 0.15) is 0 Å². The normalized spacial score (nSPS) is 26.5. The molecule has 2 aliphatic rings. The van der Waals surface area contributed by atoms with Crippen molar-refractivity contribution in [2.24, 2.45) is 0 Å². The molecule has 1 unspecified atom stereocenters. The Labute approximate surface area is 133 Å². The van der Waals surface area contributed by atoms with Gasteiger partial charge >= 0.3 is 0 Å². The third-order valence-corrected chi connectivity index (χ3v) is 4.73. The lowest BCUT2D eigenvalue weighted by Gasteiger charge is -2.34. The third kappa shape index (κ3) is 4.31. The molecule has 4 heteroatoms. The highest BCUT2D eigenvalue weighted by Gasteiger charge is 2.25. The van der Waals surface area contributed by atoms with Crippen LogP contribution in [0.3, 0.4) is 0 Å². The summed E-state index contributed by atoms with van der Waals surface area (Å²) >= 11 is 0. The summed E-state index contributed by atoms with van der Waals surface area (Å²) in [6, 6.07) is 10.9. The van der Waals surface area contributed by atoms with Gasteiger partial charge < -0.3 is 10.6 Å². The predicted octanol–water partition coefficient (Wildman–Crippen LogP) is 1.91. The van der Waals surface area contributed by atoms with Gasteiger partial charge in [-0.1, -0.05) is 36.8 Å². The fourth-order valence-corrected chi connectivity index (χ4v) is 3.54. The van der Waals surface area contributed by atoms with E-state index < -0.39 is 0 Å². The number of piperidine rings is 2. The second-order valence-corrected chi connectivity index (χ2v) is 6.57. The molecule has 2 atom stereocenters. The second-order valence-electron chi connectivity index (χ2n) is 6.57. The Balaban J connectivity index is 1.48. The molecule has 0 spiro atoms. The van der Waals surface area contributed by atoms with E-state index in [1.165, 1.54) is 12.0 Å². The maximum Gasteiger partial charge on any atom is 0.237 e. The first kappa shape index (κ1) is 15.5. The highest BCUT2D eigenvalue weighted by atomic mass is 16.2. The van der Waals surface area contributed by atoms with Crippen molar-refractivity contribution in [2.45, 2.75) is 50.7 Å². The summed E-state index contributed by atoms with van der Waals surface area (Å²) in [4.78, 5) is 14.8. The van der Waals surface area contributed by atoms with Gasteiger partial charge in [-0.3, -0.25) is 9.69 Å². The smallest absolute Gasteiger partial charge is 0.237 e. The lowest BCUT2D eigenvalue weighted by atomic mass is 10.0. The Kier molecular flexibility index (Phi) is 5.46. The molecule has 22 heavy (non-hydrogen) atoms. The van der Waals surface area contributed by atoms with Crippen molar-refractivity contribution in [3.8, 4) is 0 Å². The molecule has 0 aromatic heterocycles. The molecule has 1 aromatic carbocycles. The Bertz CT molecular complexity index is 470. The summed E-state index contributed by atoms with van der Waals surface area (Å²) in [5.74, 6) is 0.200. The molecule has 120 valence electrons. The number of hydrogen-bond donors (Lipinski definition) is 2. The zero-order valence-electron chi connectivity index (χ0n) is 13.3. The molecule has 2 N–H and O–H groups in total. The van der Waals surface area contributed by atoms with Gasteiger partial charge in [-0.2, -0.15) is 0 Å². The van der Waals surface area contributed by atoms with Gasteiger partial charge in [0.25, 0.3) is 0 Å². The number of carbonyl (C=O) groups is 1. The summed E-state index contributed by atoms with van der Waals surface area (Å²) in [5, 5.41) is 6.60. The van der Waals surface area contributed by atoms with Crippen molar-refractivity contribution < 1.29 is 4.79 Å². The van der Waals surface area contributed by atoms with Crippen molar-refractivity contribution in [3.63, 3.8) is 0 Å². The van der Waals surface area contributed by atoms with Gasteiger partial charge in [0.2, 0.25) is 5.91 Å². The van der Waals surface area contributed by atoms with Crippen LogP contribution in [0, 0.1) is 0 Å². The zero-order chi connectivity index (χ0) is 15.2. The number of carbonyl (C=O) groups excluding carboxylic acids is 1. The van der Waals surface area contributed by atoms with Crippen LogP contribution in [-0.2, 0) is 11.3 Å². The van der Waals surface area contributed by atoms with Crippen LogP contribution in [0.1, 0.15) is 37.7 Å². The quantitative estimate of drug-likeness (QED) is 0.893. The van der Waals surface area contributed by atoms with Crippen molar-refractivity contribution in [3.05, 3.63) is 35.9 Å². The highest BCUT2D eigenvalue weighted by Crippen LogP contribution is 2.14. The van der Waals surface area contributed by atoms with Crippen LogP contribution in [-0.4, -0.2) is 42.5 Å². The van der Waals surface area contributed by atoms with Crippen molar-refractivity contribution >= 4 is 5.91 Å². The van der Waals surface area contributed by atoms with Crippen LogP contribution in [0.15, 0.2) is 30.3 Å². The first-order chi connectivity index (χ1) is 10.8. The van der Waals surface area contributed by atoms with Gasteiger partial charge in [0.15, 0.2) is 0 Å². The van der Waals surface area contributed by atoms with Gasteiger partial charge in [-0.15, -0.1) is 0 Å². The second kappa shape index (κ2) is 7.75. The molecular formula is C18H27N3O.